The van der Waals surface area contributed by atoms with E-state index in [1.54, 1.807) is 0 Å². The second-order valence-electron chi connectivity index (χ2n) is 5.07. The largest absolute Gasteiger partial charge is 0.376 e. The van der Waals surface area contributed by atoms with E-state index in [-0.39, 0.29) is 30.0 Å². The summed E-state index contributed by atoms with van der Waals surface area (Å²) in [6.07, 6.45) is 3.53. The number of nitrogens with two attached hydrogens (primary N) is 1. The van der Waals surface area contributed by atoms with E-state index in [9.17, 15) is 8.78 Å². The van der Waals surface area contributed by atoms with Crippen molar-refractivity contribution >= 4 is 0 Å². The van der Waals surface area contributed by atoms with Crippen molar-refractivity contribution in [3.8, 4) is 11.5 Å². The van der Waals surface area contributed by atoms with Gasteiger partial charge in [-0.1, -0.05) is 5.16 Å². The van der Waals surface area contributed by atoms with Crippen LogP contribution < -0.4 is 5.73 Å². The Labute approximate surface area is 120 Å². The van der Waals surface area contributed by atoms with E-state index in [1.807, 2.05) is 0 Å². The molecule has 1 aromatic carbocycles. The topological polar surface area (TPSA) is 74.2 Å². The van der Waals surface area contributed by atoms with Gasteiger partial charge in [0.05, 0.1) is 24.3 Å². The standard InChI is InChI=1S/C14H15F2N3O2/c15-8-4-5-10(11(16)6-8)14-18-13(19-21-14)12(17)7-20-9-2-1-3-9/h4-6,9,12H,1-3,7,17H2. The molecule has 0 spiro atoms. The summed E-state index contributed by atoms with van der Waals surface area (Å²) in [7, 11) is 0. The SMILES string of the molecule is NC(COC1CCC1)c1noc(-c2ccc(F)cc2F)n1. The van der Waals surface area contributed by atoms with Crippen LogP contribution in [0.1, 0.15) is 31.1 Å². The lowest BCUT2D eigenvalue weighted by atomic mass is 9.96. The highest BCUT2D eigenvalue weighted by molar-refractivity contribution is 5.53. The Kier molecular flexibility index (Phi) is 3.94. The third-order valence-corrected chi connectivity index (χ3v) is 3.50. The number of hydrogen-bond donors (Lipinski definition) is 1. The number of halogens is 2. The number of rotatable bonds is 5. The van der Waals surface area contributed by atoms with Crippen LogP contribution in [0.2, 0.25) is 0 Å². The zero-order chi connectivity index (χ0) is 14.8. The van der Waals surface area contributed by atoms with Gasteiger partial charge in [-0.2, -0.15) is 4.98 Å². The van der Waals surface area contributed by atoms with Gasteiger partial charge in [-0.15, -0.1) is 0 Å². The van der Waals surface area contributed by atoms with Gasteiger partial charge < -0.3 is 15.0 Å². The fourth-order valence-corrected chi connectivity index (χ4v) is 2.01. The van der Waals surface area contributed by atoms with Crippen LogP contribution >= 0.6 is 0 Å². The van der Waals surface area contributed by atoms with Gasteiger partial charge in [-0.3, -0.25) is 0 Å². The maximum Gasteiger partial charge on any atom is 0.260 e. The molecular formula is C14H15F2N3O2. The van der Waals surface area contributed by atoms with Crippen LogP contribution in [0.4, 0.5) is 8.78 Å². The number of nitrogens with zero attached hydrogens (tertiary/aromatic N) is 2. The molecule has 0 aliphatic heterocycles. The van der Waals surface area contributed by atoms with Crippen LogP contribution in [0.3, 0.4) is 0 Å². The van der Waals surface area contributed by atoms with Crippen molar-refractivity contribution in [3.05, 3.63) is 35.7 Å². The van der Waals surface area contributed by atoms with Gasteiger partial charge in [0.15, 0.2) is 5.82 Å². The van der Waals surface area contributed by atoms with Crippen molar-refractivity contribution in [3.63, 3.8) is 0 Å². The predicted molar refractivity (Wildman–Crippen MR) is 70.2 cm³/mol. The van der Waals surface area contributed by atoms with Crippen molar-refractivity contribution < 1.29 is 18.0 Å². The Balaban J connectivity index is 1.69. The first-order valence-corrected chi connectivity index (χ1v) is 6.79. The first-order valence-electron chi connectivity index (χ1n) is 6.79. The van der Waals surface area contributed by atoms with E-state index in [4.69, 9.17) is 15.0 Å². The maximum absolute atomic E-state index is 13.6. The molecule has 0 radical (unpaired) electrons. The zero-order valence-electron chi connectivity index (χ0n) is 11.3. The lowest BCUT2D eigenvalue weighted by molar-refractivity contribution is -0.00549. The van der Waals surface area contributed by atoms with Crippen LogP contribution in [0, 0.1) is 11.6 Å². The van der Waals surface area contributed by atoms with Gasteiger partial charge >= 0.3 is 0 Å². The summed E-state index contributed by atoms with van der Waals surface area (Å²) in [4.78, 5) is 4.05. The quantitative estimate of drug-likeness (QED) is 0.917. The zero-order valence-corrected chi connectivity index (χ0v) is 11.3. The Morgan fingerprint density at radius 3 is 2.86 bits per heavy atom. The van der Waals surface area contributed by atoms with Crippen LogP contribution in [-0.2, 0) is 4.74 Å². The summed E-state index contributed by atoms with van der Waals surface area (Å²) in [5, 5.41) is 3.73. The molecular weight excluding hydrogens is 280 g/mol. The second kappa shape index (κ2) is 5.87. The third-order valence-electron chi connectivity index (χ3n) is 3.50. The maximum atomic E-state index is 13.6. The lowest BCUT2D eigenvalue weighted by Gasteiger charge is -2.26. The normalized spacial score (nSPS) is 16.7. The van der Waals surface area contributed by atoms with Crippen molar-refractivity contribution in [2.24, 2.45) is 5.73 Å². The van der Waals surface area contributed by atoms with Crippen LogP contribution in [0.5, 0.6) is 0 Å². The first kappa shape index (κ1) is 14.1. The average Bonchev–Trinajstić information content (AvgIpc) is 2.86. The van der Waals surface area contributed by atoms with E-state index in [1.165, 1.54) is 12.5 Å². The van der Waals surface area contributed by atoms with E-state index in [0.29, 0.717) is 0 Å². The molecule has 1 aliphatic rings. The molecule has 2 N–H and O–H groups in total. The third kappa shape index (κ3) is 3.08. The van der Waals surface area contributed by atoms with Gasteiger partial charge in [-0.05, 0) is 31.4 Å². The summed E-state index contributed by atoms with van der Waals surface area (Å²) in [6.45, 7) is 0.287. The highest BCUT2D eigenvalue weighted by Gasteiger charge is 2.22. The van der Waals surface area contributed by atoms with E-state index < -0.39 is 17.7 Å². The van der Waals surface area contributed by atoms with Crippen LogP contribution in [0.25, 0.3) is 11.5 Å². The number of hydrogen-bond acceptors (Lipinski definition) is 5. The molecule has 0 saturated heterocycles. The fraction of sp³-hybridized carbons (Fsp3) is 0.429. The van der Waals surface area contributed by atoms with Crippen molar-refractivity contribution in [2.45, 2.75) is 31.4 Å². The molecule has 1 atom stereocenters. The minimum atomic E-state index is -0.760. The van der Waals surface area contributed by atoms with E-state index >= 15 is 0 Å². The highest BCUT2D eigenvalue weighted by Crippen LogP contribution is 2.25. The Bertz CT molecular complexity index is 628. The minimum absolute atomic E-state index is 0.0263. The van der Waals surface area contributed by atoms with Crippen molar-refractivity contribution in [1.29, 1.82) is 0 Å². The molecule has 0 amide bonds. The molecule has 21 heavy (non-hydrogen) atoms. The Hall–Kier alpha value is -1.86. The first-order chi connectivity index (χ1) is 10.1. The van der Waals surface area contributed by atoms with Crippen LogP contribution in [-0.4, -0.2) is 22.9 Å². The van der Waals surface area contributed by atoms with Crippen molar-refractivity contribution in [2.75, 3.05) is 6.61 Å². The summed E-state index contributed by atoms with van der Waals surface area (Å²) >= 11 is 0. The van der Waals surface area contributed by atoms with Gasteiger partial charge in [0.25, 0.3) is 5.89 Å². The molecule has 1 aliphatic carbocycles. The summed E-state index contributed by atoms with van der Waals surface area (Å²) in [6, 6.07) is 2.60. The molecule has 2 aromatic rings. The van der Waals surface area contributed by atoms with Crippen molar-refractivity contribution in [1.82, 2.24) is 10.1 Å². The minimum Gasteiger partial charge on any atom is -0.376 e. The predicted octanol–water partition coefficient (Wildman–Crippen LogP) is 2.58. The monoisotopic (exact) mass is 295 g/mol. The summed E-state index contributed by atoms with van der Waals surface area (Å²) in [5.74, 6) is -1.21. The van der Waals surface area contributed by atoms with Gasteiger partial charge in [-0.25, -0.2) is 8.78 Å². The van der Waals surface area contributed by atoms with Gasteiger partial charge in [0.2, 0.25) is 0 Å². The molecule has 5 nitrogen and oxygen atoms in total. The molecule has 3 rings (SSSR count). The highest BCUT2D eigenvalue weighted by atomic mass is 19.1. The molecule has 0 bridgehead atoms. The Morgan fingerprint density at radius 2 is 2.19 bits per heavy atom. The molecule has 1 fully saturated rings. The number of aromatic nitrogens is 2. The summed E-state index contributed by atoms with van der Waals surface area (Å²) in [5.41, 5.74) is 5.96. The Morgan fingerprint density at radius 1 is 1.38 bits per heavy atom. The molecule has 1 aromatic heterocycles. The molecule has 1 unspecified atom stereocenters. The van der Waals surface area contributed by atoms with Crippen LogP contribution in [0.15, 0.2) is 22.7 Å². The molecule has 112 valence electrons. The van der Waals surface area contributed by atoms with E-state index in [2.05, 4.69) is 10.1 Å². The molecule has 1 heterocycles. The smallest absolute Gasteiger partial charge is 0.260 e. The number of ether oxygens (including phenoxy) is 1. The summed E-state index contributed by atoms with van der Waals surface area (Å²) < 4.78 is 37.1. The van der Waals surface area contributed by atoms with E-state index in [0.717, 1.165) is 25.0 Å². The second-order valence-corrected chi connectivity index (χ2v) is 5.07. The number of benzene rings is 1. The fourth-order valence-electron chi connectivity index (χ4n) is 2.01. The molecule has 7 heteroatoms. The average molecular weight is 295 g/mol. The molecule has 1 saturated carbocycles. The van der Waals surface area contributed by atoms with Gasteiger partial charge in [0.1, 0.15) is 11.6 Å². The lowest BCUT2D eigenvalue weighted by Crippen LogP contribution is -2.27. The van der Waals surface area contributed by atoms with Gasteiger partial charge in [0, 0.05) is 6.07 Å².